The molecular formula is C24H19F2N3O4S. The van der Waals surface area contributed by atoms with E-state index in [2.05, 4.69) is 5.43 Å². The quantitative estimate of drug-likeness (QED) is 0.554. The largest absolute Gasteiger partial charge is 0.502 e. The van der Waals surface area contributed by atoms with Gasteiger partial charge in [0.05, 0.1) is 18.9 Å². The third-order valence-electron chi connectivity index (χ3n) is 6.48. The number of pyridine rings is 1. The number of thioether (sulfide) groups is 1. The van der Waals surface area contributed by atoms with Crippen molar-refractivity contribution < 1.29 is 23.4 Å². The van der Waals surface area contributed by atoms with Gasteiger partial charge < -0.3 is 20.2 Å². The first kappa shape index (κ1) is 21.2. The Balaban J connectivity index is 1.61. The van der Waals surface area contributed by atoms with Crippen molar-refractivity contribution >= 4 is 17.7 Å². The zero-order valence-corrected chi connectivity index (χ0v) is 18.6. The van der Waals surface area contributed by atoms with Gasteiger partial charge in [-0.15, -0.1) is 11.8 Å². The highest BCUT2D eigenvalue weighted by Gasteiger charge is 2.38. The lowest BCUT2D eigenvalue weighted by Crippen LogP contribution is -2.59. The molecular weight excluding hydrogens is 464 g/mol. The summed E-state index contributed by atoms with van der Waals surface area (Å²) in [6.07, 6.45) is -0.211. The van der Waals surface area contributed by atoms with Crippen molar-refractivity contribution in [2.45, 2.75) is 23.2 Å². The monoisotopic (exact) mass is 483 g/mol. The van der Waals surface area contributed by atoms with Gasteiger partial charge in [-0.25, -0.2) is 13.5 Å². The zero-order chi connectivity index (χ0) is 23.6. The fraction of sp³-hybridized carbons (Fsp3) is 0.250. The Morgan fingerprint density at radius 1 is 1.15 bits per heavy atom. The van der Waals surface area contributed by atoms with Crippen LogP contribution in [-0.2, 0) is 16.9 Å². The predicted molar refractivity (Wildman–Crippen MR) is 122 cm³/mol. The molecule has 0 bridgehead atoms. The smallest absolute Gasteiger partial charge is 0.278 e. The minimum absolute atomic E-state index is 0.177. The number of nitrogens with one attached hydrogen (secondary N) is 1. The summed E-state index contributed by atoms with van der Waals surface area (Å²) in [5, 5.41) is 10.5. The van der Waals surface area contributed by atoms with E-state index in [-0.39, 0.29) is 34.9 Å². The minimum Gasteiger partial charge on any atom is -0.502 e. The minimum atomic E-state index is -1.04. The van der Waals surface area contributed by atoms with Gasteiger partial charge in [0.25, 0.3) is 5.91 Å². The maximum absolute atomic E-state index is 15.0. The van der Waals surface area contributed by atoms with Gasteiger partial charge >= 0.3 is 0 Å². The number of morpholine rings is 1. The molecule has 0 radical (unpaired) electrons. The lowest BCUT2D eigenvalue weighted by Gasteiger charge is -2.42. The van der Waals surface area contributed by atoms with E-state index in [1.807, 2.05) is 24.3 Å². The van der Waals surface area contributed by atoms with Crippen molar-refractivity contribution in [2.75, 3.05) is 25.2 Å². The molecule has 0 unspecified atom stereocenters. The molecule has 7 nitrogen and oxygen atoms in total. The van der Waals surface area contributed by atoms with Crippen molar-refractivity contribution in [2.24, 2.45) is 0 Å². The highest BCUT2D eigenvalue weighted by atomic mass is 32.2. The molecule has 1 aromatic heterocycles. The second-order valence-electron chi connectivity index (χ2n) is 8.40. The van der Waals surface area contributed by atoms with Gasteiger partial charge in [0.15, 0.2) is 23.1 Å². The molecule has 1 atom stereocenters. The maximum Gasteiger partial charge on any atom is 0.278 e. The first-order chi connectivity index (χ1) is 16.4. The number of carbonyl (C=O) groups excluding carboxylic acids is 1. The third kappa shape index (κ3) is 3.13. The number of benzene rings is 2. The van der Waals surface area contributed by atoms with Crippen LogP contribution in [0.4, 0.5) is 8.78 Å². The van der Waals surface area contributed by atoms with Crippen LogP contribution in [0.15, 0.2) is 46.1 Å². The molecule has 1 amide bonds. The Hall–Kier alpha value is -3.37. The molecule has 4 heterocycles. The van der Waals surface area contributed by atoms with Crippen molar-refractivity contribution in [1.82, 2.24) is 9.58 Å². The summed E-state index contributed by atoms with van der Waals surface area (Å²) in [4.78, 5) is 28.4. The highest BCUT2D eigenvalue weighted by Crippen LogP contribution is 2.40. The van der Waals surface area contributed by atoms with E-state index in [1.54, 1.807) is 0 Å². The number of carbonyl (C=O) groups is 1. The Morgan fingerprint density at radius 3 is 2.82 bits per heavy atom. The molecule has 0 saturated carbocycles. The molecule has 3 aromatic rings. The number of aromatic nitrogens is 1. The number of hydrogen-bond acceptors (Lipinski definition) is 6. The number of rotatable bonds is 1. The second-order valence-corrected chi connectivity index (χ2v) is 9.41. The first-order valence-electron chi connectivity index (χ1n) is 10.8. The van der Waals surface area contributed by atoms with Crippen molar-refractivity contribution in [3.8, 4) is 17.0 Å². The zero-order valence-electron chi connectivity index (χ0n) is 17.8. The van der Waals surface area contributed by atoms with E-state index in [0.29, 0.717) is 25.1 Å². The summed E-state index contributed by atoms with van der Waals surface area (Å²) in [6.45, 7) is 0.836. The number of fused-ring (bicyclic) bond motifs is 4. The van der Waals surface area contributed by atoms with E-state index < -0.39 is 34.9 Å². The van der Waals surface area contributed by atoms with Crippen LogP contribution in [0.3, 0.4) is 0 Å². The van der Waals surface area contributed by atoms with Crippen LogP contribution in [0.1, 0.15) is 27.2 Å². The average Bonchev–Trinajstić information content (AvgIpc) is 3.04. The molecule has 0 aliphatic carbocycles. The van der Waals surface area contributed by atoms with Crippen LogP contribution in [0.5, 0.6) is 5.75 Å². The number of halogens is 2. The van der Waals surface area contributed by atoms with Gasteiger partial charge in [0.2, 0.25) is 5.43 Å². The van der Waals surface area contributed by atoms with E-state index in [4.69, 9.17) is 4.74 Å². The van der Waals surface area contributed by atoms with Crippen molar-refractivity contribution in [1.29, 1.82) is 0 Å². The fourth-order valence-corrected chi connectivity index (χ4v) is 5.90. The van der Waals surface area contributed by atoms with Gasteiger partial charge in [-0.2, -0.15) is 0 Å². The van der Waals surface area contributed by atoms with Crippen LogP contribution in [0.2, 0.25) is 0 Å². The topological polar surface area (TPSA) is 83.8 Å². The molecule has 34 heavy (non-hydrogen) atoms. The van der Waals surface area contributed by atoms with Gasteiger partial charge in [0.1, 0.15) is 6.17 Å². The predicted octanol–water partition coefficient (Wildman–Crippen LogP) is 3.05. The molecule has 2 aromatic carbocycles. The van der Waals surface area contributed by atoms with Crippen molar-refractivity contribution in [3.63, 3.8) is 0 Å². The fourth-order valence-electron chi connectivity index (χ4n) is 4.80. The van der Waals surface area contributed by atoms with Gasteiger partial charge in [-0.3, -0.25) is 9.59 Å². The Kier molecular flexibility index (Phi) is 4.89. The molecule has 2 N–H and O–H groups in total. The summed E-state index contributed by atoms with van der Waals surface area (Å²) < 4.78 is 36.6. The lowest BCUT2D eigenvalue weighted by molar-refractivity contribution is -0.00300. The molecule has 10 heteroatoms. The number of ether oxygens (including phenoxy) is 1. The van der Waals surface area contributed by atoms with Crippen LogP contribution in [0.25, 0.3) is 11.3 Å². The van der Waals surface area contributed by atoms with E-state index in [9.17, 15) is 23.5 Å². The highest BCUT2D eigenvalue weighted by molar-refractivity contribution is 7.98. The summed E-state index contributed by atoms with van der Waals surface area (Å²) in [7, 11) is 0. The van der Waals surface area contributed by atoms with E-state index >= 15 is 0 Å². The van der Waals surface area contributed by atoms with E-state index in [0.717, 1.165) is 22.6 Å². The standard InChI is InChI=1S/C24H19F2N3O4S/c25-16-8-14(13-7-12-3-1-2-4-19(12)34-11-15(13)21(16)26)17-9-18(30)23(31)22-24(32)28-5-6-33-10-20(28)27-29(17)22/h1-4,8-9,20,27,31H,5-7,10-11H2/t20-/m0/s1. The number of nitrogens with zero attached hydrogens (tertiary/aromatic N) is 2. The average molecular weight is 483 g/mol. The molecule has 0 spiro atoms. The maximum atomic E-state index is 15.0. The van der Waals surface area contributed by atoms with Crippen LogP contribution in [0, 0.1) is 11.6 Å². The summed E-state index contributed by atoms with van der Waals surface area (Å²) in [6, 6.07) is 9.85. The summed E-state index contributed by atoms with van der Waals surface area (Å²) in [5.74, 6) is -2.97. The Labute approximate surface area is 196 Å². The van der Waals surface area contributed by atoms with E-state index in [1.165, 1.54) is 21.3 Å². The Bertz CT molecular complexity index is 1420. The second kappa shape index (κ2) is 7.85. The molecule has 3 aliphatic rings. The van der Waals surface area contributed by atoms with Crippen LogP contribution < -0.4 is 10.9 Å². The lowest BCUT2D eigenvalue weighted by atomic mass is 9.92. The molecule has 6 rings (SSSR count). The van der Waals surface area contributed by atoms with Crippen LogP contribution >= 0.6 is 11.8 Å². The third-order valence-corrected chi connectivity index (χ3v) is 7.63. The summed E-state index contributed by atoms with van der Waals surface area (Å²) in [5.41, 5.74) is 4.28. The van der Waals surface area contributed by atoms with Gasteiger partial charge in [-0.05, 0) is 29.7 Å². The molecule has 174 valence electrons. The normalized spacial score (nSPS) is 18.8. The van der Waals surface area contributed by atoms with Gasteiger partial charge in [0, 0.05) is 34.4 Å². The first-order valence-corrected chi connectivity index (χ1v) is 11.8. The summed E-state index contributed by atoms with van der Waals surface area (Å²) >= 11 is 1.42. The number of aromatic hydroxyl groups is 1. The number of amides is 1. The van der Waals surface area contributed by atoms with Crippen LogP contribution in [-0.4, -0.2) is 46.5 Å². The van der Waals surface area contributed by atoms with Crippen molar-refractivity contribution in [3.05, 3.63) is 80.6 Å². The molecule has 1 fully saturated rings. The number of hydrogen-bond donors (Lipinski definition) is 2. The SMILES string of the molecule is O=C1c2c(O)c(=O)cc(-c3cc(F)c(F)c4c3Cc3ccccc3SC4)n2N[C@@H]2COCCN12. The molecule has 3 aliphatic heterocycles. The Morgan fingerprint density at radius 2 is 1.97 bits per heavy atom. The van der Waals surface area contributed by atoms with Gasteiger partial charge in [-0.1, -0.05) is 18.2 Å². The molecule has 1 saturated heterocycles.